The van der Waals surface area contributed by atoms with E-state index in [1.807, 2.05) is 0 Å². The highest BCUT2D eigenvalue weighted by Crippen LogP contribution is 2.26. The van der Waals surface area contributed by atoms with Crippen LogP contribution in [0.1, 0.15) is 31.1 Å². The van der Waals surface area contributed by atoms with Crippen molar-refractivity contribution in [2.45, 2.75) is 31.7 Å². The Kier molecular flexibility index (Phi) is 4.33. The van der Waals surface area contributed by atoms with E-state index in [2.05, 4.69) is 34.1 Å². The lowest BCUT2D eigenvalue weighted by atomic mass is 10.1. The van der Waals surface area contributed by atoms with Crippen LogP contribution in [0.3, 0.4) is 0 Å². The van der Waals surface area contributed by atoms with Crippen LogP contribution in [-0.2, 0) is 11.2 Å². The number of hydrogen-bond donors (Lipinski definition) is 1. The summed E-state index contributed by atoms with van der Waals surface area (Å²) in [5.41, 5.74) is 2.39. The van der Waals surface area contributed by atoms with Crippen LogP contribution in [0, 0.1) is 0 Å². The summed E-state index contributed by atoms with van der Waals surface area (Å²) in [6.45, 7) is 2.99. The summed E-state index contributed by atoms with van der Waals surface area (Å²) >= 11 is 0. The molecule has 4 heteroatoms. The molecule has 0 spiro atoms. The number of nitrogens with zero attached hydrogens (tertiary/aromatic N) is 2. The van der Waals surface area contributed by atoms with E-state index >= 15 is 0 Å². The molecule has 3 rings (SSSR count). The maximum absolute atomic E-state index is 5.17. The Bertz CT molecular complexity index is 558. The van der Waals surface area contributed by atoms with Crippen LogP contribution in [0.4, 0.5) is 0 Å². The van der Waals surface area contributed by atoms with E-state index in [-0.39, 0.29) is 0 Å². The molecule has 0 amide bonds. The highest BCUT2D eigenvalue weighted by atomic mass is 16.5. The lowest BCUT2D eigenvalue weighted by Crippen LogP contribution is -2.32. The van der Waals surface area contributed by atoms with Gasteiger partial charge in [-0.1, -0.05) is 12.1 Å². The minimum absolute atomic E-state index is 0.536. The Morgan fingerprint density at radius 3 is 3.10 bits per heavy atom. The fraction of sp³-hybridized carbons (Fsp3) is 0.562. The number of aromatic nitrogens is 2. The van der Waals surface area contributed by atoms with Gasteiger partial charge in [-0.3, -0.25) is 0 Å². The predicted molar refractivity (Wildman–Crippen MR) is 81.1 cm³/mol. The first kappa shape index (κ1) is 13.6. The summed E-state index contributed by atoms with van der Waals surface area (Å²) in [4.78, 5) is 4.84. The number of rotatable bonds is 5. The highest BCUT2D eigenvalue weighted by Gasteiger charge is 2.20. The first-order valence-corrected chi connectivity index (χ1v) is 7.55. The van der Waals surface area contributed by atoms with Crippen LogP contribution >= 0.6 is 0 Å². The molecule has 4 nitrogen and oxygen atoms in total. The summed E-state index contributed by atoms with van der Waals surface area (Å²) in [6, 6.07) is 9.01. The smallest absolute Gasteiger partial charge is 0.110 e. The molecular weight excluding hydrogens is 250 g/mol. The van der Waals surface area contributed by atoms with Crippen molar-refractivity contribution < 1.29 is 4.74 Å². The van der Waals surface area contributed by atoms with Gasteiger partial charge in [0.25, 0.3) is 0 Å². The van der Waals surface area contributed by atoms with Gasteiger partial charge in [-0.15, -0.1) is 0 Å². The topological polar surface area (TPSA) is 39.1 Å². The minimum atomic E-state index is 0.536. The molecule has 1 N–H and O–H groups in total. The molecule has 1 aliphatic rings. The van der Waals surface area contributed by atoms with E-state index in [1.165, 1.54) is 24.2 Å². The van der Waals surface area contributed by atoms with E-state index < -0.39 is 0 Å². The number of para-hydroxylation sites is 2. The van der Waals surface area contributed by atoms with Gasteiger partial charge in [-0.05, 0) is 37.9 Å². The third kappa shape index (κ3) is 2.72. The van der Waals surface area contributed by atoms with Crippen molar-refractivity contribution in [2.75, 3.05) is 26.8 Å². The normalized spacial score (nSPS) is 19.6. The standard InChI is InChI=1S/C16H23N3O/c1-20-11-5-9-16-18-14-7-2-3-8-15(14)19(16)13-6-4-10-17-12-13/h2-3,7-8,13,17H,4-6,9-12H2,1H3. The van der Waals surface area contributed by atoms with Crippen LogP contribution in [0.2, 0.25) is 0 Å². The summed E-state index contributed by atoms with van der Waals surface area (Å²) in [7, 11) is 1.76. The Morgan fingerprint density at radius 2 is 2.30 bits per heavy atom. The molecule has 0 aliphatic carbocycles. The fourth-order valence-corrected chi connectivity index (χ4v) is 3.11. The van der Waals surface area contributed by atoms with Crippen molar-refractivity contribution >= 4 is 11.0 Å². The zero-order valence-electron chi connectivity index (χ0n) is 12.1. The van der Waals surface area contributed by atoms with Gasteiger partial charge < -0.3 is 14.6 Å². The maximum atomic E-state index is 5.17. The molecule has 20 heavy (non-hydrogen) atoms. The number of piperidine rings is 1. The molecule has 108 valence electrons. The van der Waals surface area contributed by atoms with Crippen LogP contribution in [0.5, 0.6) is 0 Å². The lowest BCUT2D eigenvalue weighted by molar-refractivity contribution is 0.194. The molecule has 1 saturated heterocycles. The third-order valence-corrected chi connectivity index (χ3v) is 4.05. The van der Waals surface area contributed by atoms with Crippen LogP contribution < -0.4 is 5.32 Å². The Morgan fingerprint density at radius 1 is 1.40 bits per heavy atom. The second-order valence-corrected chi connectivity index (χ2v) is 5.48. The second-order valence-electron chi connectivity index (χ2n) is 5.48. The fourth-order valence-electron chi connectivity index (χ4n) is 3.11. The monoisotopic (exact) mass is 273 g/mol. The number of imidazole rings is 1. The van der Waals surface area contributed by atoms with Crippen molar-refractivity contribution in [3.63, 3.8) is 0 Å². The van der Waals surface area contributed by atoms with E-state index in [4.69, 9.17) is 9.72 Å². The SMILES string of the molecule is COCCCc1nc2ccccc2n1C1CCCNC1. The van der Waals surface area contributed by atoms with Crippen LogP contribution in [0.25, 0.3) is 11.0 Å². The number of fused-ring (bicyclic) bond motifs is 1. The molecule has 1 atom stereocenters. The maximum Gasteiger partial charge on any atom is 0.110 e. The molecule has 1 fully saturated rings. The Hall–Kier alpha value is -1.39. The van der Waals surface area contributed by atoms with Crippen molar-refractivity contribution in [3.8, 4) is 0 Å². The van der Waals surface area contributed by atoms with Gasteiger partial charge in [0, 0.05) is 32.7 Å². The Labute approximate surface area is 120 Å². The van der Waals surface area contributed by atoms with Crippen molar-refractivity contribution in [3.05, 3.63) is 30.1 Å². The van der Waals surface area contributed by atoms with Gasteiger partial charge in [0.15, 0.2) is 0 Å². The average Bonchev–Trinajstić information content (AvgIpc) is 2.86. The lowest BCUT2D eigenvalue weighted by Gasteiger charge is -2.26. The molecule has 1 aromatic heterocycles. The zero-order valence-corrected chi connectivity index (χ0v) is 12.1. The molecule has 1 aliphatic heterocycles. The van der Waals surface area contributed by atoms with Crippen molar-refractivity contribution in [2.24, 2.45) is 0 Å². The molecule has 1 aromatic carbocycles. The summed E-state index contributed by atoms with van der Waals surface area (Å²) < 4.78 is 7.63. The second kappa shape index (κ2) is 6.37. The predicted octanol–water partition coefficient (Wildman–Crippen LogP) is 2.54. The molecule has 1 unspecified atom stereocenters. The van der Waals surface area contributed by atoms with E-state index in [0.29, 0.717) is 6.04 Å². The zero-order chi connectivity index (χ0) is 13.8. The quantitative estimate of drug-likeness (QED) is 0.851. The number of hydrogen-bond acceptors (Lipinski definition) is 3. The first-order chi connectivity index (χ1) is 9.90. The molecule has 0 saturated carbocycles. The summed E-state index contributed by atoms with van der Waals surface area (Å²) in [5, 5.41) is 3.51. The van der Waals surface area contributed by atoms with Gasteiger partial charge in [-0.2, -0.15) is 0 Å². The van der Waals surface area contributed by atoms with Gasteiger partial charge in [0.2, 0.25) is 0 Å². The number of aryl methyl sites for hydroxylation is 1. The highest BCUT2D eigenvalue weighted by molar-refractivity contribution is 5.76. The van der Waals surface area contributed by atoms with Crippen molar-refractivity contribution in [1.82, 2.24) is 14.9 Å². The largest absolute Gasteiger partial charge is 0.385 e. The Balaban J connectivity index is 1.94. The number of ether oxygens (including phenoxy) is 1. The first-order valence-electron chi connectivity index (χ1n) is 7.55. The van der Waals surface area contributed by atoms with Crippen molar-refractivity contribution in [1.29, 1.82) is 0 Å². The van der Waals surface area contributed by atoms with Gasteiger partial charge in [0.05, 0.1) is 11.0 Å². The molecular formula is C16H23N3O. The van der Waals surface area contributed by atoms with Gasteiger partial charge in [0.1, 0.15) is 5.82 Å². The minimum Gasteiger partial charge on any atom is -0.385 e. The molecule has 0 radical (unpaired) electrons. The third-order valence-electron chi connectivity index (χ3n) is 4.05. The number of benzene rings is 1. The summed E-state index contributed by atoms with van der Waals surface area (Å²) in [5.74, 6) is 1.21. The van der Waals surface area contributed by atoms with Crippen LogP contribution in [0.15, 0.2) is 24.3 Å². The summed E-state index contributed by atoms with van der Waals surface area (Å²) in [6.07, 6.45) is 4.50. The van der Waals surface area contributed by atoms with Gasteiger partial charge >= 0.3 is 0 Å². The number of methoxy groups -OCH3 is 1. The van der Waals surface area contributed by atoms with E-state index in [9.17, 15) is 0 Å². The molecule has 2 heterocycles. The average molecular weight is 273 g/mol. The van der Waals surface area contributed by atoms with E-state index in [1.54, 1.807) is 7.11 Å². The molecule has 2 aromatic rings. The number of nitrogens with one attached hydrogen (secondary N) is 1. The molecule has 0 bridgehead atoms. The van der Waals surface area contributed by atoms with Crippen LogP contribution in [-0.4, -0.2) is 36.4 Å². The van der Waals surface area contributed by atoms with E-state index in [0.717, 1.165) is 38.1 Å². The van der Waals surface area contributed by atoms with Gasteiger partial charge in [-0.25, -0.2) is 4.98 Å².